The molecule has 1 aromatic rings. The van der Waals surface area contributed by atoms with E-state index in [-0.39, 0.29) is 6.61 Å². The first-order valence-electron chi connectivity index (χ1n) is 6.90. The van der Waals surface area contributed by atoms with Gasteiger partial charge in [0, 0.05) is 17.6 Å². The lowest BCUT2D eigenvalue weighted by atomic mass is 10.1. The Morgan fingerprint density at radius 3 is 2.48 bits per heavy atom. The molecule has 0 spiro atoms. The minimum Gasteiger partial charge on any atom is -0.454 e. The second-order valence-corrected chi connectivity index (χ2v) is 6.02. The van der Waals surface area contributed by atoms with Gasteiger partial charge in [-0.15, -0.1) is 0 Å². The number of rotatable bonds is 8. The maximum atomic E-state index is 12.2. The van der Waals surface area contributed by atoms with Crippen LogP contribution in [0, 0.1) is 0 Å². The van der Waals surface area contributed by atoms with Crippen molar-refractivity contribution in [2.75, 3.05) is 25.7 Å². The van der Waals surface area contributed by atoms with E-state index in [1.807, 2.05) is 6.26 Å². The van der Waals surface area contributed by atoms with Gasteiger partial charge in [0.1, 0.15) is 6.04 Å². The fraction of sp³-hybridized carbons (Fsp3) is 0.400. The molecule has 1 aromatic carbocycles. The van der Waals surface area contributed by atoms with E-state index >= 15 is 0 Å². The summed E-state index contributed by atoms with van der Waals surface area (Å²) in [5.74, 6) is -0.777. The van der Waals surface area contributed by atoms with Crippen molar-refractivity contribution in [1.29, 1.82) is 0 Å². The van der Waals surface area contributed by atoms with E-state index in [2.05, 4.69) is 10.6 Å². The van der Waals surface area contributed by atoms with Gasteiger partial charge in [-0.3, -0.25) is 9.59 Å². The summed E-state index contributed by atoms with van der Waals surface area (Å²) in [7, 11) is 1.45. The lowest BCUT2D eigenvalue weighted by Gasteiger charge is -2.17. The monoisotopic (exact) mass is 358 g/mol. The molecule has 0 aliphatic rings. The lowest BCUT2D eigenvalue weighted by molar-refractivity contribution is -0.150. The van der Waals surface area contributed by atoms with Crippen molar-refractivity contribution < 1.29 is 19.1 Å². The molecule has 0 heterocycles. The van der Waals surface area contributed by atoms with Gasteiger partial charge in [0.25, 0.3) is 11.8 Å². The second-order valence-electron chi connectivity index (χ2n) is 4.60. The van der Waals surface area contributed by atoms with Gasteiger partial charge >= 0.3 is 5.97 Å². The SMILES string of the molecule is CNC(=O)COC(=O)[C@H](CCSC)NC(=O)c1ccc(Cl)cc1. The third-order valence-corrected chi connectivity index (χ3v) is 3.83. The molecule has 126 valence electrons. The smallest absolute Gasteiger partial charge is 0.329 e. The molecule has 0 saturated heterocycles. The molecule has 0 aliphatic heterocycles. The van der Waals surface area contributed by atoms with E-state index in [1.54, 1.807) is 36.0 Å². The highest BCUT2D eigenvalue weighted by Crippen LogP contribution is 2.10. The van der Waals surface area contributed by atoms with Crippen LogP contribution in [0.15, 0.2) is 24.3 Å². The number of carbonyl (C=O) groups is 3. The predicted molar refractivity (Wildman–Crippen MR) is 90.7 cm³/mol. The molecule has 0 radical (unpaired) electrons. The minimum atomic E-state index is -0.810. The van der Waals surface area contributed by atoms with Gasteiger partial charge in [0.15, 0.2) is 6.61 Å². The van der Waals surface area contributed by atoms with E-state index in [1.165, 1.54) is 7.05 Å². The number of ether oxygens (including phenoxy) is 1. The fourth-order valence-electron chi connectivity index (χ4n) is 1.64. The highest BCUT2D eigenvalue weighted by molar-refractivity contribution is 7.98. The Bertz CT molecular complexity index is 551. The Morgan fingerprint density at radius 2 is 1.91 bits per heavy atom. The summed E-state index contributed by atoms with van der Waals surface area (Å²) in [4.78, 5) is 35.4. The molecule has 6 nitrogen and oxygen atoms in total. The van der Waals surface area contributed by atoms with Gasteiger partial charge in [-0.2, -0.15) is 11.8 Å². The van der Waals surface area contributed by atoms with Crippen LogP contribution in [0.1, 0.15) is 16.8 Å². The van der Waals surface area contributed by atoms with Crippen LogP contribution in [0.2, 0.25) is 5.02 Å². The number of thioether (sulfide) groups is 1. The minimum absolute atomic E-state index is 0.373. The third-order valence-electron chi connectivity index (χ3n) is 2.93. The van der Waals surface area contributed by atoms with Crippen LogP contribution in [-0.2, 0) is 14.3 Å². The summed E-state index contributed by atoms with van der Waals surface area (Å²) in [5, 5.41) is 5.50. The van der Waals surface area contributed by atoms with Crippen LogP contribution >= 0.6 is 23.4 Å². The molecule has 2 amide bonds. The largest absolute Gasteiger partial charge is 0.454 e. The van der Waals surface area contributed by atoms with Crippen molar-refractivity contribution >= 4 is 41.1 Å². The number of hydrogen-bond donors (Lipinski definition) is 2. The van der Waals surface area contributed by atoms with Gasteiger partial charge in [0.2, 0.25) is 0 Å². The zero-order chi connectivity index (χ0) is 17.2. The Kier molecular flexibility index (Phi) is 8.50. The highest BCUT2D eigenvalue weighted by Gasteiger charge is 2.23. The summed E-state index contributed by atoms with van der Waals surface area (Å²) >= 11 is 7.32. The van der Waals surface area contributed by atoms with Crippen LogP contribution in [-0.4, -0.2) is 49.5 Å². The zero-order valence-corrected chi connectivity index (χ0v) is 14.5. The molecule has 0 aromatic heterocycles. The normalized spacial score (nSPS) is 11.4. The number of benzene rings is 1. The molecule has 0 aliphatic carbocycles. The number of carbonyl (C=O) groups excluding carboxylic acids is 3. The number of nitrogens with one attached hydrogen (secondary N) is 2. The predicted octanol–water partition coefficient (Wildman–Crippen LogP) is 1.48. The van der Waals surface area contributed by atoms with Crippen molar-refractivity contribution in [2.45, 2.75) is 12.5 Å². The number of esters is 1. The lowest BCUT2D eigenvalue weighted by Crippen LogP contribution is -2.43. The quantitative estimate of drug-likeness (QED) is 0.688. The Labute approximate surface area is 144 Å². The fourth-order valence-corrected chi connectivity index (χ4v) is 2.23. The molecule has 0 unspecified atom stereocenters. The van der Waals surface area contributed by atoms with Crippen LogP contribution < -0.4 is 10.6 Å². The zero-order valence-electron chi connectivity index (χ0n) is 12.9. The van der Waals surface area contributed by atoms with E-state index in [0.717, 1.165) is 0 Å². The molecule has 0 saturated carbocycles. The molecule has 0 bridgehead atoms. The van der Waals surface area contributed by atoms with E-state index in [9.17, 15) is 14.4 Å². The van der Waals surface area contributed by atoms with Gasteiger partial charge in [-0.05, 0) is 42.7 Å². The van der Waals surface area contributed by atoms with Crippen LogP contribution in [0.25, 0.3) is 0 Å². The van der Waals surface area contributed by atoms with E-state index in [4.69, 9.17) is 16.3 Å². The summed E-state index contributed by atoms with van der Waals surface area (Å²) in [6.45, 7) is -0.373. The van der Waals surface area contributed by atoms with Crippen molar-refractivity contribution in [3.63, 3.8) is 0 Å². The van der Waals surface area contributed by atoms with Gasteiger partial charge in [0.05, 0.1) is 0 Å². The Hall–Kier alpha value is -1.73. The first-order chi connectivity index (χ1) is 11.0. The van der Waals surface area contributed by atoms with Crippen LogP contribution in [0.3, 0.4) is 0 Å². The van der Waals surface area contributed by atoms with Crippen molar-refractivity contribution in [3.05, 3.63) is 34.9 Å². The number of likely N-dealkylation sites (N-methyl/N-ethyl adjacent to an activating group) is 1. The third kappa shape index (κ3) is 6.92. The summed E-state index contributed by atoms with van der Waals surface area (Å²) in [6, 6.07) is 5.52. The Morgan fingerprint density at radius 1 is 1.26 bits per heavy atom. The van der Waals surface area contributed by atoms with E-state index < -0.39 is 23.8 Å². The molecular weight excluding hydrogens is 340 g/mol. The van der Waals surface area contributed by atoms with Crippen molar-refractivity contribution in [3.8, 4) is 0 Å². The Balaban J connectivity index is 2.69. The van der Waals surface area contributed by atoms with E-state index in [0.29, 0.717) is 22.8 Å². The first-order valence-corrected chi connectivity index (χ1v) is 8.67. The molecular formula is C15H19ClN2O4S. The number of amides is 2. The summed E-state index contributed by atoms with van der Waals surface area (Å²) < 4.78 is 4.91. The molecule has 8 heteroatoms. The first kappa shape index (κ1) is 19.3. The molecule has 23 heavy (non-hydrogen) atoms. The van der Waals surface area contributed by atoms with Crippen LogP contribution in [0.4, 0.5) is 0 Å². The molecule has 2 N–H and O–H groups in total. The standard InChI is InChI=1S/C15H19ClN2O4S/c1-17-13(19)9-22-15(21)12(7-8-23-2)18-14(20)10-3-5-11(16)6-4-10/h3-6,12H,7-9H2,1-2H3,(H,17,19)(H,18,20)/t12-/m0/s1. The molecule has 1 rings (SSSR count). The summed E-state index contributed by atoms with van der Waals surface area (Å²) in [5.41, 5.74) is 0.391. The second kappa shape index (κ2) is 10.1. The van der Waals surface area contributed by atoms with Crippen LogP contribution in [0.5, 0.6) is 0 Å². The van der Waals surface area contributed by atoms with Gasteiger partial charge in [-0.1, -0.05) is 11.6 Å². The highest BCUT2D eigenvalue weighted by atomic mass is 35.5. The van der Waals surface area contributed by atoms with Gasteiger partial charge < -0.3 is 15.4 Å². The average molecular weight is 359 g/mol. The number of halogens is 1. The maximum absolute atomic E-state index is 12.2. The maximum Gasteiger partial charge on any atom is 0.329 e. The number of hydrogen-bond acceptors (Lipinski definition) is 5. The summed E-state index contributed by atoms with van der Waals surface area (Å²) in [6.07, 6.45) is 2.31. The van der Waals surface area contributed by atoms with Gasteiger partial charge in [-0.25, -0.2) is 4.79 Å². The van der Waals surface area contributed by atoms with Crippen molar-refractivity contribution in [1.82, 2.24) is 10.6 Å². The van der Waals surface area contributed by atoms with Crippen molar-refractivity contribution in [2.24, 2.45) is 0 Å². The average Bonchev–Trinajstić information content (AvgIpc) is 2.56. The molecule has 1 atom stereocenters. The topological polar surface area (TPSA) is 84.5 Å². The molecule has 0 fully saturated rings.